The van der Waals surface area contributed by atoms with E-state index in [1.54, 1.807) is 36.4 Å². The number of urea groups is 1. The standard InChI is InChI=1S/C29H26FN3O3/c1-21-8-7-9-22(20-21)32-29(35)33(19-18-31-28(34)26-12-5-6-13-27(26)30)23-14-16-25(17-15-23)36-24-10-3-2-4-11-24/h2-17,20H,18-19H2,1H3,(H,31,34)(H,32,35). The molecular formula is C29H26FN3O3. The van der Waals surface area contributed by atoms with Crippen LogP contribution in [0, 0.1) is 12.7 Å². The van der Waals surface area contributed by atoms with Crippen molar-refractivity contribution in [3.63, 3.8) is 0 Å². The Bertz CT molecular complexity index is 1330. The summed E-state index contributed by atoms with van der Waals surface area (Å²) in [4.78, 5) is 27.1. The number of carbonyl (C=O) groups is 2. The molecule has 0 unspecified atom stereocenters. The molecule has 182 valence electrons. The van der Waals surface area contributed by atoms with Crippen molar-refractivity contribution in [2.75, 3.05) is 23.3 Å². The number of amides is 3. The van der Waals surface area contributed by atoms with E-state index in [2.05, 4.69) is 10.6 Å². The van der Waals surface area contributed by atoms with Crippen LogP contribution in [-0.4, -0.2) is 25.0 Å². The highest BCUT2D eigenvalue weighted by Gasteiger charge is 2.18. The van der Waals surface area contributed by atoms with Gasteiger partial charge in [0.2, 0.25) is 0 Å². The van der Waals surface area contributed by atoms with Gasteiger partial charge in [-0.2, -0.15) is 0 Å². The number of aryl methyl sites for hydroxylation is 1. The SMILES string of the molecule is Cc1cccc(NC(=O)N(CCNC(=O)c2ccccc2F)c2ccc(Oc3ccccc3)cc2)c1. The third kappa shape index (κ3) is 6.48. The Balaban J connectivity index is 1.48. The van der Waals surface area contributed by atoms with Crippen molar-refractivity contribution in [1.29, 1.82) is 0 Å². The second-order valence-corrected chi connectivity index (χ2v) is 8.10. The number of nitrogens with zero attached hydrogens (tertiary/aromatic N) is 1. The lowest BCUT2D eigenvalue weighted by Gasteiger charge is -2.24. The molecule has 0 saturated carbocycles. The van der Waals surface area contributed by atoms with Crippen molar-refractivity contribution in [3.05, 3.63) is 120 Å². The third-order valence-corrected chi connectivity index (χ3v) is 5.38. The van der Waals surface area contributed by atoms with Crippen molar-refractivity contribution in [2.45, 2.75) is 6.92 Å². The second-order valence-electron chi connectivity index (χ2n) is 8.10. The molecule has 0 aromatic heterocycles. The highest BCUT2D eigenvalue weighted by atomic mass is 19.1. The number of carbonyl (C=O) groups excluding carboxylic acids is 2. The highest BCUT2D eigenvalue weighted by molar-refractivity contribution is 6.02. The number of hydrogen-bond donors (Lipinski definition) is 2. The van der Waals surface area contributed by atoms with E-state index in [1.807, 2.05) is 55.5 Å². The molecule has 0 spiro atoms. The predicted octanol–water partition coefficient (Wildman–Crippen LogP) is 6.39. The fraction of sp³-hybridized carbons (Fsp3) is 0.103. The van der Waals surface area contributed by atoms with Gasteiger partial charge in [-0.3, -0.25) is 9.69 Å². The van der Waals surface area contributed by atoms with Crippen LogP contribution >= 0.6 is 0 Å². The van der Waals surface area contributed by atoms with Gasteiger partial charge >= 0.3 is 6.03 Å². The van der Waals surface area contributed by atoms with E-state index in [0.29, 0.717) is 22.9 Å². The van der Waals surface area contributed by atoms with Gasteiger partial charge in [-0.05, 0) is 73.2 Å². The van der Waals surface area contributed by atoms with Crippen LogP contribution in [0.15, 0.2) is 103 Å². The maximum atomic E-state index is 13.9. The minimum absolute atomic E-state index is 0.0457. The van der Waals surface area contributed by atoms with E-state index in [0.717, 1.165) is 5.56 Å². The molecule has 2 N–H and O–H groups in total. The van der Waals surface area contributed by atoms with Gasteiger partial charge < -0.3 is 15.4 Å². The predicted molar refractivity (Wildman–Crippen MR) is 139 cm³/mol. The van der Waals surface area contributed by atoms with Gasteiger partial charge in [0.1, 0.15) is 17.3 Å². The first-order valence-electron chi connectivity index (χ1n) is 11.5. The number of rotatable bonds is 8. The quantitative estimate of drug-likeness (QED) is 0.305. The van der Waals surface area contributed by atoms with Crippen molar-refractivity contribution in [2.24, 2.45) is 0 Å². The maximum Gasteiger partial charge on any atom is 0.326 e. The first-order valence-corrected chi connectivity index (χ1v) is 11.5. The van der Waals surface area contributed by atoms with E-state index < -0.39 is 11.7 Å². The fourth-order valence-electron chi connectivity index (χ4n) is 3.60. The molecule has 0 radical (unpaired) electrons. The molecule has 0 saturated heterocycles. The van der Waals surface area contributed by atoms with Crippen molar-refractivity contribution < 1.29 is 18.7 Å². The van der Waals surface area contributed by atoms with Crippen LogP contribution in [0.25, 0.3) is 0 Å². The van der Waals surface area contributed by atoms with Crippen LogP contribution in [0.4, 0.5) is 20.6 Å². The molecule has 0 bridgehead atoms. The lowest BCUT2D eigenvalue weighted by atomic mass is 10.2. The van der Waals surface area contributed by atoms with Gasteiger partial charge in [0.05, 0.1) is 5.56 Å². The van der Waals surface area contributed by atoms with Gasteiger partial charge in [0.25, 0.3) is 5.91 Å². The fourth-order valence-corrected chi connectivity index (χ4v) is 3.60. The average molecular weight is 484 g/mol. The number of hydrogen-bond acceptors (Lipinski definition) is 3. The molecule has 4 aromatic rings. The normalized spacial score (nSPS) is 10.4. The molecule has 4 aromatic carbocycles. The Morgan fingerprint density at radius 2 is 1.53 bits per heavy atom. The number of para-hydroxylation sites is 1. The summed E-state index contributed by atoms with van der Waals surface area (Å²) in [5, 5.41) is 5.58. The largest absolute Gasteiger partial charge is 0.457 e. The monoisotopic (exact) mass is 483 g/mol. The topological polar surface area (TPSA) is 70.7 Å². The number of anilines is 2. The first-order chi connectivity index (χ1) is 17.5. The Morgan fingerprint density at radius 1 is 0.833 bits per heavy atom. The van der Waals surface area contributed by atoms with Crippen LogP contribution in [0.2, 0.25) is 0 Å². The summed E-state index contributed by atoms with van der Waals surface area (Å²) in [5.74, 6) is 0.184. The molecule has 36 heavy (non-hydrogen) atoms. The zero-order valence-corrected chi connectivity index (χ0v) is 19.8. The average Bonchev–Trinajstić information content (AvgIpc) is 2.88. The smallest absolute Gasteiger partial charge is 0.326 e. The number of ether oxygens (including phenoxy) is 1. The Labute approximate surface area is 209 Å². The molecule has 7 heteroatoms. The minimum atomic E-state index is -0.599. The Kier molecular flexibility index (Phi) is 7.93. The number of nitrogens with one attached hydrogen (secondary N) is 2. The summed E-state index contributed by atoms with van der Waals surface area (Å²) >= 11 is 0. The summed E-state index contributed by atoms with van der Waals surface area (Å²) in [6, 6.07) is 29.3. The number of halogens is 1. The van der Waals surface area contributed by atoms with Crippen molar-refractivity contribution >= 4 is 23.3 Å². The zero-order chi connectivity index (χ0) is 25.3. The van der Waals surface area contributed by atoms with Crippen LogP contribution in [-0.2, 0) is 0 Å². The molecule has 4 rings (SSSR count). The summed E-state index contributed by atoms with van der Waals surface area (Å²) in [7, 11) is 0. The molecule has 0 fully saturated rings. The molecule has 0 aliphatic heterocycles. The van der Waals surface area contributed by atoms with Gasteiger partial charge in [0.15, 0.2) is 0 Å². The van der Waals surface area contributed by atoms with E-state index in [1.165, 1.54) is 23.1 Å². The van der Waals surface area contributed by atoms with E-state index in [4.69, 9.17) is 4.74 Å². The molecule has 0 atom stereocenters. The molecule has 3 amide bonds. The van der Waals surface area contributed by atoms with Crippen molar-refractivity contribution in [1.82, 2.24) is 5.32 Å². The van der Waals surface area contributed by atoms with Crippen LogP contribution in [0.3, 0.4) is 0 Å². The second kappa shape index (κ2) is 11.7. The molecule has 0 heterocycles. The van der Waals surface area contributed by atoms with Gasteiger partial charge in [-0.25, -0.2) is 9.18 Å². The van der Waals surface area contributed by atoms with E-state index >= 15 is 0 Å². The summed E-state index contributed by atoms with van der Waals surface area (Å²) in [5.41, 5.74) is 2.24. The van der Waals surface area contributed by atoms with Crippen molar-refractivity contribution in [3.8, 4) is 11.5 Å². The van der Waals surface area contributed by atoms with Gasteiger partial charge in [-0.1, -0.05) is 42.5 Å². The van der Waals surface area contributed by atoms with Gasteiger partial charge in [-0.15, -0.1) is 0 Å². The lowest BCUT2D eigenvalue weighted by molar-refractivity contribution is 0.0950. The minimum Gasteiger partial charge on any atom is -0.457 e. The lowest BCUT2D eigenvalue weighted by Crippen LogP contribution is -2.41. The highest BCUT2D eigenvalue weighted by Crippen LogP contribution is 2.25. The molecular weight excluding hydrogens is 457 g/mol. The number of benzene rings is 4. The van der Waals surface area contributed by atoms with E-state index in [9.17, 15) is 14.0 Å². The van der Waals surface area contributed by atoms with Crippen LogP contribution in [0.1, 0.15) is 15.9 Å². The van der Waals surface area contributed by atoms with Gasteiger partial charge in [0, 0.05) is 24.5 Å². The Morgan fingerprint density at radius 3 is 2.25 bits per heavy atom. The zero-order valence-electron chi connectivity index (χ0n) is 19.8. The Hall–Kier alpha value is -4.65. The summed E-state index contributed by atoms with van der Waals surface area (Å²) < 4.78 is 19.8. The maximum absolute atomic E-state index is 13.9. The molecule has 6 nitrogen and oxygen atoms in total. The third-order valence-electron chi connectivity index (χ3n) is 5.38. The summed E-state index contributed by atoms with van der Waals surface area (Å²) in [6.45, 7) is 2.23. The van der Waals surface area contributed by atoms with Crippen LogP contribution in [0.5, 0.6) is 11.5 Å². The van der Waals surface area contributed by atoms with E-state index in [-0.39, 0.29) is 24.7 Å². The first kappa shape index (κ1) is 24.5. The molecule has 0 aliphatic carbocycles. The van der Waals surface area contributed by atoms with Crippen LogP contribution < -0.4 is 20.3 Å². The molecule has 0 aliphatic rings. The summed E-state index contributed by atoms with van der Waals surface area (Å²) in [6.07, 6.45) is 0.